The zero-order valence-electron chi connectivity index (χ0n) is 10.1. The molecule has 0 aromatic carbocycles. The minimum Gasteiger partial charge on any atom is -0.0882 e. The molecule has 0 aliphatic carbocycles. The quantitative estimate of drug-likeness (QED) is 0.517. The summed E-state index contributed by atoms with van der Waals surface area (Å²) in [6, 6.07) is 0. The fourth-order valence-electron chi connectivity index (χ4n) is 1.89. The lowest BCUT2D eigenvalue weighted by Crippen LogP contribution is -2.05. The second-order valence-corrected chi connectivity index (χ2v) is 4.26. The van der Waals surface area contributed by atoms with Gasteiger partial charge in [0.2, 0.25) is 0 Å². The van der Waals surface area contributed by atoms with Crippen molar-refractivity contribution in [2.24, 2.45) is 11.8 Å². The Hall–Kier alpha value is -0.260. The molecule has 0 rings (SSSR count). The van der Waals surface area contributed by atoms with Crippen molar-refractivity contribution < 1.29 is 0 Å². The Balaban J connectivity index is 3.98. The van der Waals surface area contributed by atoms with E-state index < -0.39 is 0 Å². The van der Waals surface area contributed by atoms with E-state index in [2.05, 4.69) is 40.7 Å². The van der Waals surface area contributed by atoms with Gasteiger partial charge >= 0.3 is 0 Å². The van der Waals surface area contributed by atoms with Gasteiger partial charge < -0.3 is 0 Å². The number of hydrogen-bond acceptors (Lipinski definition) is 0. The summed E-state index contributed by atoms with van der Waals surface area (Å²) in [6.45, 7) is 11.5. The maximum Gasteiger partial charge on any atom is -0.0229 e. The molecule has 13 heavy (non-hydrogen) atoms. The molecule has 0 spiro atoms. The molecule has 2 unspecified atom stereocenters. The lowest BCUT2D eigenvalue weighted by atomic mass is 9.87. The predicted octanol–water partition coefficient (Wildman–Crippen LogP) is 4.81. The Kier molecular flexibility index (Phi) is 7.03. The van der Waals surface area contributed by atoms with Gasteiger partial charge in [0.15, 0.2) is 0 Å². The zero-order valence-corrected chi connectivity index (χ0v) is 10.1. The molecule has 0 aromatic heterocycles. The normalized spacial score (nSPS) is 17.2. The molecular weight excluding hydrogens is 156 g/mol. The second kappa shape index (κ2) is 7.17. The highest BCUT2D eigenvalue weighted by atomic mass is 14.2. The van der Waals surface area contributed by atoms with E-state index >= 15 is 0 Å². The van der Waals surface area contributed by atoms with Gasteiger partial charge in [0.05, 0.1) is 0 Å². The van der Waals surface area contributed by atoms with E-state index in [1.807, 2.05) is 0 Å². The number of rotatable bonds is 6. The van der Waals surface area contributed by atoms with E-state index in [0.29, 0.717) is 0 Å². The third kappa shape index (κ3) is 5.13. The molecule has 0 aliphatic rings. The first kappa shape index (κ1) is 12.7. The van der Waals surface area contributed by atoms with Gasteiger partial charge in [-0.1, -0.05) is 52.2 Å². The molecule has 0 fully saturated rings. The van der Waals surface area contributed by atoms with Crippen LogP contribution in [0.5, 0.6) is 0 Å². The maximum absolute atomic E-state index is 2.37. The van der Waals surface area contributed by atoms with E-state index in [0.717, 1.165) is 11.8 Å². The Bertz CT molecular complexity index is 144. The van der Waals surface area contributed by atoms with Crippen molar-refractivity contribution in [3.63, 3.8) is 0 Å². The monoisotopic (exact) mass is 182 g/mol. The summed E-state index contributed by atoms with van der Waals surface area (Å²) >= 11 is 0. The highest BCUT2D eigenvalue weighted by Gasteiger charge is 2.10. The average Bonchev–Trinajstić information content (AvgIpc) is 2.13. The molecule has 0 aliphatic heterocycles. The van der Waals surface area contributed by atoms with Crippen molar-refractivity contribution >= 4 is 0 Å². The summed E-state index contributed by atoms with van der Waals surface area (Å²) in [7, 11) is 0. The lowest BCUT2D eigenvalue weighted by Gasteiger charge is -2.18. The second-order valence-electron chi connectivity index (χ2n) is 4.26. The zero-order chi connectivity index (χ0) is 10.3. The van der Waals surface area contributed by atoms with Crippen LogP contribution in [0, 0.1) is 11.8 Å². The van der Waals surface area contributed by atoms with E-state index in [1.165, 1.54) is 25.7 Å². The summed E-state index contributed by atoms with van der Waals surface area (Å²) in [6.07, 6.45) is 7.55. The van der Waals surface area contributed by atoms with Crippen LogP contribution in [0.1, 0.15) is 60.3 Å². The third-order valence-electron chi connectivity index (χ3n) is 3.00. The molecule has 0 radical (unpaired) electrons. The van der Waals surface area contributed by atoms with Gasteiger partial charge in [0.25, 0.3) is 0 Å². The minimum absolute atomic E-state index is 0.792. The summed E-state index contributed by atoms with van der Waals surface area (Å²) < 4.78 is 0. The number of hydrogen-bond donors (Lipinski definition) is 0. The Morgan fingerprint density at radius 2 is 1.85 bits per heavy atom. The summed E-state index contributed by atoms with van der Waals surface area (Å²) in [5.41, 5.74) is 1.66. The van der Waals surface area contributed by atoms with Crippen LogP contribution in [0.15, 0.2) is 11.6 Å². The van der Waals surface area contributed by atoms with Gasteiger partial charge in [0.1, 0.15) is 0 Å². The molecule has 2 atom stereocenters. The van der Waals surface area contributed by atoms with Crippen LogP contribution in [0.4, 0.5) is 0 Å². The van der Waals surface area contributed by atoms with E-state index in [9.17, 15) is 0 Å². The molecular formula is C13H26. The fraction of sp³-hybridized carbons (Fsp3) is 0.846. The topological polar surface area (TPSA) is 0 Å². The van der Waals surface area contributed by atoms with E-state index in [4.69, 9.17) is 0 Å². The maximum atomic E-state index is 2.37. The van der Waals surface area contributed by atoms with Crippen molar-refractivity contribution in [2.45, 2.75) is 60.3 Å². The molecule has 0 amide bonds. The SMILES string of the molecule is CC=C(CCC)C(C)CC(C)CC. The van der Waals surface area contributed by atoms with Crippen LogP contribution < -0.4 is 0 Å². The largest absolute Gasteiger partial charge is 0.0882 e. The van der Waals surface area contributed by atoms with Crippen LogP contribution >= 0.6 is 0 Å². The molecule has 0 aromatic rings. The number of allylic oxidation sites excluding steroid dienone is 2. The Morgan fingerprint density at radius 1 is 1.23 bits per heavy atom. The van der Waals surface area contributed by atoms with Gasteiger partial charge in [-0.15, -0.1) is 0 Å². The van der Waals surface area contributed by atoms with Gasteiger partial charge in [0, 0.05) is 0 Å². The molecule has 0 heteroatoms. The summed E-state index contributed by atoms with van der Waals surface area (Å²) in [5.74, 6) is 1.67. The first-order chi connectivity index (χ1) is 6.15. The smallest absolute Gasteiger partial charge is 0.0229 e. The Labute approximate surface area is 84.4 Å². The standard InChI is InChI=1S/C13H26/c1-6-9-13(8-3)12(5)10-11(4)7-2/h8,11-12H,6-7,9-10H2,1-5H3. The molecule has 0 bridgehead atoms. The molecule has 0 nitrogen and oxygen atoms in total. The van der Waals surface area contributed by atoms with Crippen molar-refractivity contribution in [3.05, 3.63) is 11.6 Å². The van der Waals surface area contributed by atoms with E-state index in [1.54, 1.807) is 5.57 Å². The van der Waals surface area contributed by atoms with Crippen LogP contribution in [-0.2, 0) is 0 Å². The van der Waals surface area contributed by atoms with Gasteiger partial charge in [-0.3, -0.25) is 0 Å². The third-order valence-corrected chi connectivity index (χ3v) is 3.00. The minimum atomic E-state index is 0.792. The molecule has 0 heterocycles. The van der Waals surface area contributed by atoms with Crippen LogP contribution in [-0.4, -0.2) is 0 Å². The Morgan fingerprint density at radius 3 is 2.23 bits per heavy atom. The summed E-state index contributed by atoms with van der Waals surface area (Å²) in [4.78, 5) is 0. The molecule has 0 saturated heterocycles. The van der Waals surface area contributed by atoms with E-state index in [-0.39, 0.29) is 0 Å². The van der Waals surface area contributed by atoms with Crippen LogP contribution in [0.3, 0.4) is 0 Å². The van der Waals surface area contributed by atoms with Crippen LogP contribution in [0.2, 0.25) is 0 Å². The van der Waals surface area contributed by atoms with Crippen LogP contribution in [0.25, 0.3) is 0 Å². The molecule has 0 saturated carbocycles. The molecule has 78 valence electrons. The van der Waals surface area contributed by atoms with Crippen molar-refractivity contribution in [1.29, 1.82) is 0 Å². The average molecular weight is 182 g/mol. The predicted molar refractivity (Wildman–Crippen MR) is 61.9 cm³/mol. The van der Waals surface area contributed by atoms with Crippen molar-refractivity contribution in [2.75, 3.05) is 0 Å². The fourth-order valence-corrected chi connectivity index (χ4v) is 1.89. The highest BCUT2D eigenvalue weighted by Crippen LogP contribution is 2.24. The van der Waals surface area contributed by atoms with Crippen molar-refractivity contribution in [3.8, 4) is 0 Å². The van der Waals surface area contributed by atoms with Crippen molar-refractivity contribution in [1.82, 2.24) is 0 Å². The highest BCUT2D eigenvalue weighted by molar-refractivity contribution is 5.04. The van der Waals surface area contributed by atoms with Gasteiger partial charge in [-0.05, 0) is 31.6 Å². The van der Waals surface area contributed by atoms with Gasteiger partial charge in [-0.2, -0.15) is 0 Å². The first-order valence-electron chi connectivity index (χ1n) is 5.80. The van der Waals surface area contributed by atoms with Gasteiger partial charge in [-0.25, -0.2) is 0 Å². The summed E-state index contributed by atoms with van der Waals surface area (Å²) in [5, 5.41) is 0. The lowest BCUT2D eigenvalue weighted by molar-refractivity contribution is 0.434. The molecule has 0 N–H and O–H groups in total. The first-order valence-corrected chi connectivity index (χ1v) is 5.80.